The maximum atomic E-state index is 12.8. The number of aromatic nitrogens is 2. The summed E-state index contributed by atoms with van der Waals surface area (Å²) in [6, 6.07) is 0. The second-order valence-electron chi connectivity index (χ2n) is 9.98. The van der Waals surface area contributed by atoms with Gasteiger partial charge in [0.2, 0.25) is 5.91 Å². The number of likely N-dealkylation sites (tertiary alicyclic amines) is 2. The van der Waals surface area contributed by atoms with E-state index in [0.717, 1.165) is 76.6 Å². The molecule has 0 radical (unpaired) electrons. The van der Waals surface area contributed by atoms with Crippen molar-refractivity contribution in [2.24, 2.45) is 5.92 Å². The Kier molecular flexibility index (Phi) is 5.94. The van der Waals surface area contributed by atoms with Crippen molar-refractivity contribution in [3.05, 3.63) is 17.1 Å². The molecule has 1 aromatic rings. The molecule has 5 rings (SSSR count). The summed E-state index contributed by atoms with van der Waals surface area (Å²) in [6.07, 6.45) is 10.9. The van der Waals surface area contributed by atoms with E-state index < -0.39 is 0 Å². The minimum absolute atomic E-state index is 0.313. The van der Waals surface area contributed by atoms with Gasteiger partial charge in [-0.05, 0) is 77.2 Å². The van der Waals surface area contributed by atoms with Gasteiger partial charge in [-0.25, -0.2) is 9.97 Å². The molecule has 1 atom stereocenters. The van der Waals surface area contributed by atoms with E-state index >= 15 is 0 Å². The van der Waals surface area contributed by atoms with Crippen LogP contribution >= 0.6 is 0 Å². The highest BCUT2D eigenvalue weighted by Gasteiger charge is 2.31. The fourth-order valence-electron chi connectivity index (χ4n) is 5.53. The molecule has 1 saturated carbocycles. The topological polar surface area (TPSA) is 52.6 Å². The summed E-state index contributed by atoms with van der Waals surface area (Å²) < 4.78 is 0. The van der Waals surface area contributed by atoms with Gasteiger partial charge in [0.15, 0.2) is 0 Å². The lowest BCUT2D eigenvalue weighted by molar-refractivity contribution is -0.133. The summed E-state index contributed by atoms with van der Waals surface area (Å²) in [6.45, 7) is 8.87. The van der Waals surface area contributed by atoms with Crippen LogP contribution in [-0.2, 0) is 11.2 Å². The Morgan fingerprint density at radius 2 is 1.80 bits per heavy atom. The minimum atomic E-state index is 0.313. The van der Waals surface area contributed by atoms with E-state index in [1.165, 1.54) is 49.3 Å². The molecule has 6 nitrogen and oxygen atoms in total. The maximum absolute atomic E-state index is 12.8. The lowest BCUT2D eigenvalue weighted by atomic mass is 9.96. The Balaban J connectivity index is 1.28. The third kappa shape index (κ3) is 4.48. The van der Waals surface area contributed by atoms with Crippen LogP contribution in [0.4, 0.5) is 5.82 Å². The molecule has 4 heterocycles. The molecule has 4 aliphatic rings. The number of carbonyl (C=O) groups is 1. The highest BCUT2D eigenvalue weighted by molar-refractivity contribution is 5.78. The van der Waals surface area contributed by atoms with Crippen molar-refractivity contribution in [1.82, 2.24) is 19.8 Å². The fraction of sp³-hybridized carbons (Fsp3) is 0.792. The van der Waals surface area contributed by atoms with Crippen LogP contribution in [0.25, 0.3) is 0 Å². The van der Waals surface area contributed by atoms with Gasteiger partial charge in [-0.1, -0.05) is 0 Å². The SMILES string of the molecule is Cc1nc(C2CCCN(CC(=O)N3CCCCC3)C2)nc2c1CCCN2CC1CC1. The van der Waals surface area contributed by atoms with E-state index in [-0.39, 0.29) is 0 Å². The lowest BCUT2D eigenvalue weighted by Gasteiger charge is -2.35. The molecular weight excluding hydrogens is 374 g/mol. The van der Waals surface area contributed by atoms with Crippen molar-refractivity contribution in [3.8, 4) is 0 Å². The second kappa shape index (κ2) is 8.81. The zero-order valence-electron chi connectivity index (χ0n) is 18.6. The molecule has 1 aromatic heterocycles. The first-order chi connectivity index (χ1) is 14.7. The van der Waals surface area contributed by atoms with Gasteiger partial charge in [0.05, 0.1) is 6.54 Å². The summed E-state index contributed by atoms with van der Waals surface area (Å²) in [4.78, 5) is 29.9. The molecule has 1 amide bonds. The van der Waals surface area contributed by atoms with Crippen LogP contribution < -0.4 is 4.90 Å². The van der Waals surface area contributed by atoms with Gasteiger partial charge in [0.25, 0.3) is 0 Å². The van der Waals surface area contributed by atoms with E-state index in [1.54, 1.807) is 0 Å². The summed E-state index contributed by atoms with van der Waals surface area (Å²) >= 11 is 0. The number of fused-ring (bicyclic) bond motifs is 1. The Bertz CT molecular complexity index is 771. The van der Waals surface area contributed by atoms with Crippen LogP contribution in [0.3, 0.4) is 0 Å². The number of carbonyl (C=O) groups excluding carboxylic acids is 1. The van der Waals surface area contributed by atoms with Crippen LogP contribution in [0.2, 0.25) is 0 Å². The third-order valence-electron chi connectivity index (χ3n) is 7.48. The summed E-state index contributed by atoms with van der Waals surface area (Å²) in [5, 5.41) is 0. The molecule has 3 fully saturated rings. The Morgan fingerprint density at radius 1 is 0.967 bits per heavy atom. The largest absolute Gasteiger partial charge is 0.356 e. The molecular formula is C24H37N5O. The molecule has 3 aliphatic heterocycles. The second-order valence-corrected chi connectivity index (χ2v) is 9.98. The number of hydrogen-bond donors (Lipinski definition) is 0. The van der Waals surface area contributed by atoms with Gasteiger partial charge >= 0.3 is 0 Å². The van der Waals surface area contributed by atoms with Gasteiger partial charge < -0.3 is 9.80 Å². The zero-order valence-corrected chi connectivity index (χ0v) is 18.6. The number of piperidine rings is 2. The quantitative estimate of drug-likeness (QED) is 0.745. The van der Waals surface area contributed by atoms with Gasteiger partial charge in [0.1, 0.15) is 11.6 Å². The van der Waals surface area contributed by atoms with Crippen molar-refractivity contribution < 1.29 is 4.79 Å². The van der Waals surface area contributed by atoms with Crippen molar-refractivity contribution >= 4 is 11.7 Å². The number of amides is 1. The first-order valence-corrected chi connectivity index (χ1v) is 12.3. The molecule has 2 saturated heterocycles. The number of rotatable bonds is 5. The van der Waals surface area contributed by atoms with Gasteiger partial charge in [-0.15, -0.1) is 0 Å². The van der Waals surface area contributed by atoms with Crippen LogP contribution in [0.15, 0.2) is 0 Å². The molecule has 1 aliphatic carbocycles. The first kappa shape index (κ1) is 20.2. The number of aryl methyl sites for hydroxylation is 1. The van der Waals surface area contributed by atoms with E-state index in [9.17, 15) is 4.79 Å². The minimum Gasteiger partial charge on any atom is -0.356 e. The monoisotopic (exact) mass is 411 g/mol. The highest BCUT2D eigenvalue weighted by Crippen LogP contribution is 2.36. The number of hydrogen-bond acceptors (Lipinski definition) is 5. The molecule has 0 bridgehead atoms. The van der Waals surface area contributed by atoms with Crippen molar-refractivity contribution in [3.63, 3.8) is 0 Å². The average Bonchev–Trinajstić information content (AvgIpc) is 3.59. The number of anilines is 1. The molecule has 30 heavy (non-hydrogen) atoms. The number of nitrogens with zero attached hydrogens (tertiary/aromatic N) is 5. The van der Waals surface area contributed by atoms with Crippen molar-refractivity contribution in [1.29, 1.82) is 0 Å². The molecule has 164 valence electrons. The highest BCUT2D eigenvalue weighted by atomic mass is 16.2. The smallest absolute Gasteiger partial charge is 0.236 e. The van der Waals surface area contributed by atoms with Gasteiger partial charge in [0, 0.05) is 49.9 Å². The third-order valence-corrected chi connectivity index (χ3v) is 7.48. The Labute approximate surface area is 181 Å². The van der Waals surface area contributed by atoms with Gasteiger partial charge in [-0.2, -0.15) is 0 Å². The van der Waals surface area contributed by atoms with Crippen molar-refractivity contribution in [2.45, 2.75) is 70.6 Å². The first-order valence-electron chi connectivity index (χ1n) is 12.3. The fourth-order valence-corrected chi connectivity index (χ4v) is 5.53. The van der Waals surface area contributed by atoms with Crippen LogP contribution in [0.1, 0.15) is 74.4 Å². The van der Waals surface area contributed by atoms with Crippen LogP contribution in [-0.4, -0.2) is 71.5 Å². The Hall–Kier alpha value is -1.69. The summed E-state index contributed by atoms with van der Waals surface area (Å²) in [5.74, 6) is 3.77. The maximum Gasteiger partial charge on any atom is 0.236 e. The van der Waals surface area contributed by atoms with E-state index in [0.29, 0.717) is 18.4 Å². The predicted octanol–water partition coefficient (Wildman–Crippen LogP) is 3.14. The Morgan fingerprint density at radius 3 is 2.60 bits per heavy atom. The predicted molar refractivity (Wildman–Crippen MR) is 119 cm³/mol. The summed E-state index contributed by atoms with van der Waals surface area (Å²) in [5.41, 5.74) is 2.55. The molecule has 1 unspecified atom stereocenters. The van der Waals surface area contributed by atoms with E-state index in [4.69, 9.17) is 9.97 Å². The normalized spacial score (nSPS) is 25.3. The molecule has 6 heteroatoms. The molecule has 0 N–H and O–H groups in total. The van der Waals surface area contributed by atoms with Crippen LogP contribution in [0.5, 0.6) is 0 Å². The lowest BCUT2D eigenvalue weighted by Crippen LogP contribution is -2.45. The standard InChI is InChI=1S/C24H37N5O/c1-18-21-8-6-14-29(15-19-9-10-19)24(21)26-23(25-18)20-7-5-11-27(16-20)17-22(30)28-12-3-2-4-13-28/h19-20H,2-17H2,1H3. The van der Waals surface area contributed by atoms with Crippen LogP contribution in [0, 0.1) is 12.8 Å². The molecule has 0 spiro atoms. The average molecular weight is 412 g/mol. The molecule has 0 aromatic carbocycles. The van der Waals surface area contributed by atoms with Crippen molar-refractivity contribution in [2.75, 3.05) is 50.7 Å². The van der Waals surface area contributed by atoms with E-state index in [2.05, 4.69) is 21.6 Å². The summed E-state index contributed by atoms with van der Waals surface area (Å²) in [7, 11) is 0. The zero-order chi connectivity index (χ0) is 20.5. The van der Waals surface area contributed by atoms with E-state index in [1.807, 2.05) is 0 Å². The van der Waals surface area contributed by atoms with Gasteiger partial charge in [-0.3, -0.25) is 9.69 Å².